The summed E-state index contributed by atoms with van der Waals surface area (Å²) in [6.07, 6.45) is 0. The monoisotopic (exact) mass is 390 g/mol. The van der Waals surface area contributed by atoms with Crippen molar-refractivity contribution in [2.45, 2.75) is 20.4 Å². The number of hydrogen-bond donors (Lipinski definition) is 0. The molecule has 0 saturated carbocycles. The third-order valence-corrected chi connectivity index (χ3v) is 5.75. The van der Waals surface area contributed by atoms with Crippen LogP contribution in [0.1, 0.15) is 37.2 Å². The van der Waals surface area contributed by atoms with E-state index >= 15 is 0 Å². The van der Waals surface area contributed by atoms with Gasteiger partial charge in [-0.05, 0) is 31.4 Å². The SMILES string of the molecule is COC(=O)c1cc(CN(C)C(=O)c2sc(-c3ccsc3)nc2C)oc1C. The van der Waals surface area contributed by atoms with Gasteiger partial charge in [-0.3, -0.25) is 4.79 Å². The third-order valence-electron chi connectivity index (χ3n) is 3.87. The van der Waals surface area contributed by atoms with Crippen molar-refractivity contribution >= 4 is 34.6 Å². The second-order valence-corrected chi connectivity index (χ2v) is 7.56. The first-order valence-electron chi connectivity index (χ1n) is 7.83. The van der Waals surface area contributed by atoms with E-state index in [4.69, 9.17) is 9.15 Å². The van der Waals surface area contributed by atoms with E-state index in [1.807, 2.05) is 23.8 Å². The average molecular weight is 390 g/mol. The molecule has 3 rings (SSSR count). The molecule has 0 aliphatic heterocycles. The van der Waals surface area contributed by atoms with E-state index in [1.165, 1.54) is 18.4 Å². The number of ether oxygens (including phenoxy) is 1. The maximum atomic E-state index is 12.8. The minimum atomic E-state index is -0.454. The van der Waals surface area contributed by atoms with Crippen LogP contribution in [0.5, 0.6) is 0 Å². The topological polar surface area (TPSA) is 72.6 Å². The van der Waals surface area contributed by atoms with Gasteiger partial charge in [-0.15, -0.1) is 11.3 Å². The van der Waals surface area contributed by atoms with Gasteiger partial charge in [-0.1, -0.05) is 0 Å². The molecule has 0 N–H and O–H groups in total. The second kappa shape index (κ2) is 7.43. The number of esters is 1. The molecular weight excluding hydrogens is 372 g/mol. The predicted molar refractivity (Wildman–Crippen MR) is 101 cm³/mol. The fourth-order valence-electron chi connectivity index (χ4n) is 2.52. The van der Waals surface area contributed by atoms with Gasteiger partial charge in [0.05, 0.1) is 19.3 Å². The van der Waals surface area contributed by atoms with Crippen molar-refractivity contribution in [3.8, 4) is 10.6 Å². The fraction of sp³-hybridized carbons (Fsp3) is 0.278. The summed E-state index contributed by atoms with van der Waals surface area (Å²) in [6.45, 7) is 3.78. The Morgan fingerprint density at radius 2 is 2.12 bits per heavy atom. The summed E-state index contributed by atoms with van der Waals surface area (Å²) in [5, 5.41) is 4.83. The molecule has 3 heterocycles. The van der Waals surface area contributed by atoms with Crippen LogP contribution in [0.2, 0.25) is 0 Å². The number of thiazole rings is 1. The number of amides is 1. The van der Waals surface area contributed by atoms with E-state index in [-0.39, 0.29) is 12.5 Å². The van der Waals surface area contributed by atoms with Crippen LogP contribution < -0.4 is 0 Å². The van der Waals surface area contributed by atoms with Crippen LogP contribution in [-0.4, -0.2) is 35.9 Å². The smallest absolute Gasteiger partial charge is 0.341 e. The summed E-state index contributed by atoms with van der Waals surface area (Å²) >= 11 is 2.98. The lowest BCUT2D eigenvalue weighted by Gasteiger charge is -2.14. The highest BCUT2D eigenvalue weighted by atomic mass is 32.1. The van der Waals surface area contributed by atoms with Gasteiger partial charge in [0.25, 0.3) is 5.91 Å². The van der Waals surface area contributed by atoms with Crippen molar-refractivity contribution in [2.75, 3.05) is 14.2 Å². The molecule has 0 spiro atoms. The minimum absolute atomic E-state index is 0.129. The zero-order valence-electron chi connectivity index (χ0n) is 14.9. The summed E-state index contributed by atoms with van der Waals surface area (Å²) in [6, 6.07) is 3.60. The van der Waals surface area contributed by atoms with Crippen molar-refractivity contribution in [2.24, 2.45) is 0 Å². The number of carbonyl (C=O) groups is 2. The number of furan rings is 1. The Labute approximate surface area is 159 Å². The maximum Gasteiger partial charge on any atom is 0.341 e. The number of rotatable bonds is 5. The molecule has 136 valence electrons. The molecule has 3 aromatic rings. The molecule has 0 bridgehead atoms. The Hall–Kier alpha value is -2.45. The van der Waals surface area contributed by atoms with E-state index in [1.54, 1.807) is 36.3 Å². The summed E-state index contributed by atoms with van der Waals surface area (Å²) < 4.78 is 10.3. The van der Waals surface area contributed by atoms with Crippen LogP contribution in [0, 0.1) is 13.8 Å². The number of carbonyl (C=O) groups excluding carboxylic acids is 2. The van der Waals surface area contributed by atoms with E-state index < -0.39 is 5.97 Å². The Morgan fingerprint density at radius 1 is 1.35 bits per heavy atom. The van der Waals surface area contributed by atoms with Gasteiger partial charge in [0.15, 0.2) is 0 Å². The highest BCUT2D eigenvalue weighted by Crippen LogP contribution is 2.30. The first-order valence-corrected chi connectivity index (χ1v) is 9.59. The Kier molecular flexibility index (Phi) is 5.24. The third kappa shape index (κ3) is 3.56. The second-order valence-electron chi connectivity index (χ2n) is 5.78. The molecule has 26 heavy (non-hydrogen) atoms. The van der Waals surface area contributed by atoms with E-state index in [9.17, 15) is 9.59 Å². The van der Waals surface area contributed by atoms with Gasteiger partial charge in [0, 0.05) is 18.0 Å². The molecule has 0 saturated heterocycles. The summed E-state index contributed by atoms with van der Waals surface area (Å²) in [4.78, 5) is 31.1. The molecular formula is C18H18N2O4S2. The molecule has 1 amide bonds. The van der Waals surface area contributed by atoms with Gasteiger partial charge in [0.1, 0.15) is 27.0 Å². The normalized spacial score (nSPS) is 10.8. The standard InChI is InChI=1S/C18H18N2O4S2/c1-10-15(26-16(19-10)12-5-6-25-9-12)17(21)20(3)8-13-7-14(11(2)24-13)18(22)23-4/h5-7,9H,8H2,1-4H3. The fourth-order valence-corrected chi connectivity index (χ4v) is 4.29. The number of aryl methyl sites for hydroxylation is 2. The molecule has 0 fully saturated rings. The highest BCUT2D eigenvalue weighted by Gasteiger charge is 2.22. The molecule has 8 heteroatoms. The molecule has 0 radical (unpaired) electrons. The van der Waals surface area contributed by atoms with Gasteiger partial charge in [-0.2, -0.15) is 11.3 Å². The molecule has 0 aliphatic carbocycles. The Balaban J connectivity index is 1.77. The zero-order chi connectivity index (χ0) is 18.8. The van der Waals surface area contributed by atoms with E-state index in [0.717, 1.165) is 10.6 Å². The molecule has 0 unspecified atom stereocenters. The van der Waals surface area contributed by atoms with Crippen molar-refractivity contribution in [3.63, 3.8) is 0 Å². The molecule has 3 aromatic heterocycles. The van der Waals surface area contributed by atoms with Gasteiger partial charge in [-0.25, -0.2) is 9.78 Å². The Morgan fingerprint density at radius 3 is 2.77 bits per heavy atom. The minimum Gasteiger partial charge on any atom is -0.465 e. The van der Waals surface area contributed by atoms with Gasteiger partial charge < -0.3 is 14.1 Å². The van der Waals surface area contributed by atoms with Crippen molar-refractivity contribution in [1.29, 1.82) is 0 Å². The number of methoxy groups -OCH3 is 1. The van der Waals surface area contributed by atoms with Gasteiger partial charge in [0.2, 0.25) is 0 Å². The summed E-state index contributed by atoms with van der Waals surface area (Å²) in [7, 11) is 3.02. The molecule has 0 aromatic carbocycles. The quantitative estimate of drug-likeness (QED) is 0.612. The van der Waals surface area contributed by atoms with E-state index in [0.29, 0.717) is 27.7 Å². The number of thiophene rings is 1. The maximum absolute atomic E-state index is 12.8. The molecule has 6 nitrogen and oxygen atoms in total. The lowest BCUT2D eigenvalue weighted by Crippen LogP contribution is -2.25. The van der Waals surface area contributed by atoms with Crippen LogP contribution >= 0.6 is 22.7 Å². The van der Waals surface area contributed by atoms with Crippen LogP contribution in [0.15, 0.2) is 27.3 Å². The molecule has 0 aliphatic rings. The molecule has 0 atom stereocenters. The highest BCUT2D eigenvalue weighted by molar-refractivity contribution is 7.17. The van der Waals surface area contributed by atoms with E-state index in [2.05, 4.69) is 4.98 Å². The number of nitrogens with zero attached hydrogens (tertiary/aromatic N) is 2. The zero-order valence-corrected chi connectivity index (χ0v) is 16.5. The summed E-state index contributed by atoms with van der Waals surface area (Å²) in [5.74, 6) is 0.417. The number of aromatic nitrogens is 1. The van der Waals surface area contributed by atoms with Crippen LogP contribution in [-0.2, 0) is 11.3 Å². The van der Waals surface area contributed by atoms with Crippen LogP contribution in [0.4, 0.5) is 0 Å². The number of hydrogen-bond acceptors (Lipinski definition) is 7. The first-order chi connectivity index (χ1) is 12.4. The van der Waals surface area contributed by atoms with Crippen LogP contribution in [0.25, 0.3) is 10.6 Å². The van der Waals surface area contributed by atoms with Crippen molar-refractivity contribution < 1.29 is 18.7 Å². The lowest BCUT2D eigenvalue weighted by molar-refractivity contribution is 0.0598. The van der Waals surface area contributed by atoms with Crippen molar-refractivity contribution in [1.82, 2.24) is 9.88 Å². The van der Waals surface area contributed by atoms with Crippen molar-refractivity contribution in [3.05, 3.63) is 50.5 Å². The average Bonchev–Trinajstić information content (AvgIpc) is 3.33. The summed E-state index contributed by atoms with van der Waals surface area (Å²) in [5.41, 5.74) is 2.10. The van der Waals surface area contributed by atoms with Crippen LogP contribution in [0.3, 0.4) is 0 Å². The Bertz CT molecular complexity index is 941. The first kappa shape index (κ1) is 18.3. The largest absolute Gasteiger partial charge is 0.465 e. The van der Waals surface area contributed by atoms with Gasteiger partial charge >= 0.3 is 5.97 Å². The lowest BCUT2D eigenvalue weighted by atomic mass is 10.2. The predicted octanol–water partition coefficient (Wildman–Crippen LogP) is 4.14.